The van der Waals surface area contributed by atoms with E-state index >= 15 is 0 Å². The van der Waals surface area contributed by atoms with Crippen molar-refractivity contribution in [2.75, 3.05) is 13.2 Å². The molecule has 25 heavy (non-hydrogen) atoms. The molecule has 0 unspecified atom stereocenters. The molecule has 3 saturated heterocycles. The number of hydrogen-bond donors (Lipinski definition) is 1. The van der Waals surface area contributed by atoms with Gasteiger partial charge in [0.1, 0.15) is 12.2 Å². The Morgan fingerprint density at radius 2 is 1.08 bits per heavy atom. The highest BCUT2D eigenvalue weighted by atomic mass is 16.7. The first-order chi connectivity index (χ1) is 12.4. The van der Waals surface area contributed by atoms with Crippen LogP contribution in [0, 0.1) is 0 Å². The molecule has 0 aliphatic carbocycles. The average molecular weight is 339 g/mol. The maximum atomic E-state index is 6.28. The van der Waals surface area contributed by atoms with Gasteiger partial charge >= 0.3 is 0 Å². The van der Waals surface area contributed by atoms with Gasteiger partial charge in [-0.1, -0.05) is 60.7 Å². The van der Waals surface area contributed by atoms with Gasteiger partial charge in [-0.3, -0.25) is 0 Å². The standard InChI is InChI=1S/C20H21NO4/c1-3-7-13(8-4-1)19-22-11-15-17(24-19)18-16(21-15)12-23-20(25-18)14-9-5-2-6-10-14/h1-10,15-21H,11-12H2/t15-,16-,17+,18+,19+,20+/m0/s1. The normalized spacial score (nSPS) is 37.3. The smallest absolute Gasteiger partial charge is 0.184 e. The zero-order valence-electron chi connectivity index (χ0n) is 13.8. The Bertz CT molecular complexity index is 649. The zero-order chi connectivity index (χ0) is 16.6. The molecule has 3 aliphatic rings. The van der Waals surface area contributed by atoms with Crippen molar-refractivity contribution in [3.8, 4) is 0 Å². The third kappa shape index (κ3) is 2.88. The maximum absolute atomic E-state index is 6.28. The Labute approximate surface area is 146 Å². The molecule has 3 fully saturated rings. The van der Waals surface area contributed by atoms with Crippen molar-refractivity contribution < 1.29 is 18.9 Å². The number of hydrogen-bond acceptors (Lipinski definition) is 5. The SMILES string of the molecule is c1ccc([C@@H]2OC[C@@H]3N[C@H]4CO[C@@H](c5ccccc5)O[C@H]4[C@@H]3O2)cc1. The molecule has 0 spiro atoms. The van der Waals surface area contributed by atoms with Crippen LogP contribution in [0.15, 0.2) is 60.7 Å². The molecular formula is C20H21NO4. The van der Waals surface area contributed by atoms with Crippen LogP contribution < -0.4 is 5.32 Å². The molecule has 5 rings (SSSR count). The molecule has 0 amide bonds. The van der Waals surface area contributed by atoms with E-state index in [9.17, 15) is 0 Å². The molecule has 130 valence electrons. The lowest BCUT2D eigenvalue weighted by Gasteiger charge is -2.37. The van der Waals surface area contributed by atoms with Crippen LogP contribution in [0.1, 0.15) is 23.7 Å². The summed E-state index contributed by atoms with van der Waals surface area (Å²) in [5.41, 5.74) is 2.08. The second-order valence-electron chi connectivity index (χ2n) is 6.73. The van der Waals surface area contributed by atoms with Crippen molar-refractivity contribution in [2.45, 2.75) is 36.9 Å². The molecule has 1 N–H and O–H groups in total. The monoisotopic (exact) mass is 339 g/mol. The largest absolute Gasteiger partial charge is 0.347 e. The van der Waals surface area contributed by atoms with Crippen molar-refractivity contribution in [3.05, 3.63) is 71.8 Å². The fourth-order valence-electron chi connectivity index (χ4n) is 3.87. The molecule has 6 atom stereocenters. The summed E-state index contributed by atoms with van der Waals surface area (Å²) in [4.78, 5) is 0. The van der Waals surface area contributed by atoms with Gasteiger partial charge in [-0.2, -0.15) is 0 Å². The molecule has 5 nitrogen and oxygen atoms in total. The van der Waals surface area contributed by atoms with Crippen LogP contribution in [0.4, 0.5) is 0 Å². The van der Waals surface area contributed by atoms with Crippen LogP contribution in [0.3, 0.4) is 0 Å². The van der Waals surface area contributed by atoms with Gasteiger partial charge in [0, 0.05) is 11.1 Å². The van der Waals surface area contributed by atoms with Gasteiger partial charge in [0.25, 0.3) is 0 Å². The van der Waals surface area contributed by atoms with Gasteiger partial charge in [-0.05, 0) is 0 Å². The Morgan fingerprint density at radius 3 is 1.52 bits per heavy atom. The van der Waals surface area contributed by atoms with E-state index in [-0.39, 0.29) is 36.9 Å². The van der Waals surface area contributed by atoms with Crippen LogP contribution in [0.2, 0.25) is 0 Å². The first kappa shape index (κ1) is 15.5. The second kappa shape index (κ2) is 6.52. The van der Waals surface area contributed by atoms with Gasteiger partial charge in [0.15, 0.2) is 12.6 Å². The lowest BCUT2D eigenvalue weighted by atomic mass is 10.0. The molecule has 3 aliphatic heterocycles. The van der Waals surface area contributed by atoms with Crippen LogP contribution >= 0.6 is 0 Å². The summed E-state index contributed by atoms with van der Waals surface area (Å²) in [5.74, 6) is 0. The lowest BCUT2D eigenvalue weighted by Crippen LogP contribution is -2.47. The minimum Gasteiger partial charge on any atom is -0.347 e. The molecule has 0 saturated carbocycles. The van der Waals surface area contributed by atoms with Crippen LogP contribution in [0.25, 0.3) is 0 Å². The van der Waals surface area contributed by atoms with Gasteiger partial charge in [-0.25, -0.2) is 0 Å². The van der Waals surface area contributed by atoms with Gasteiger partial charge in [0.05, 0.1) is 25.3 Å². The average Bonchev–Trinajstić information content (AvgIpc) is 3.06. The molecular weight excluding hydrogens is 318 g/mol. The third-order valence-corrected chi connectivity index (χ3v) is 5.10. The predicted molar refractivity (Wildman–Crippen MR) is 90.7 cm³/mol. The maximum Gasteiger partial charge on any atom is 0.184 e. The van der Waals surface area contributed by atoms with Crippen LogP contribution in [-0.4, -0.2) is 37.5 Å². The highest BCUT2D eigenvalue weighted by Gasteiger charge is 2.51. The molecule has 0 radical (unpaired) electrons. The van der Waals surface area contributed by atoms with Crippen molar-refractivity contribution in [2.24, 2.45) is 0 Å². The lowest BCUT2D eigenvalue weighted by molar-refractivity contribution is -0.278. The zero-order valence-corrected chi connectivity index (χ0v) is 13.8. The summed E-state index contributed by atoms with van der Waals surface area (Å²) in [5, 5.41) is 3.54. The number of ether oxygens (including phenoxy) is 4. The topological polar surface area (TPSA) is 49.0 Å². The van der Waals surface area contributed by atoms with E-state index in [0.29, 0.717) is 13.2 Å². The summed E-state index contributed by atoms with van der Waals surface area (Å²) in [6, 6.07) is 20.4. The van der Waals surface area contributed by atoms with Gasteiger partial charge < -0.3 is 24.3 Å². The Morgan fingerprint density at radius 1 is 0.640 bits per heavy atom. The fourth-order valence-corrected chi connectivity index (χ4v) is 3.87. The van der Waals surface area contributed by atoms with E-state index in [2.05, 4.69) is 5.32 Å². The molecule has 3 heterocycles. The van der Waals surface area contributed by atoms with E-state index in [4.69, 9.17) is 18.9 Å². The van der Waals surface area contributed by atoms with Gasteiger partial charge in [-0.15, -0.1) is 0 Å². The minimum atomic E-state index is -0.343. The Hall–Kier alpha value is -1.76. The summed E-state index contributed by atoms with van der Waals surface area (Å²) in [6.07, 6.45) is -0.771. The van der Waals surface area contributed by atoms with Crippen LogP contribution in [-0.2, 0) is 18.9 Å². The van der Waals surface area contributed by atoms with E-state index in [0.717, 1.165) is 11.1 Å². The summed E-state index contributed by atoms with van der Waals surface area (Å²) in [7, 11) is 0. The van der Waals surface area contributed by atoms with Crippen molar-refractivity contribution >= 4 is 0 Å². The number of fused-ring (bicyclic) bond motifs is 3. The minimum absolute atomic E-state index is 0.0425. The first-order valence-electron chi connectivity index (χ1n) is 8.78. The molecule has 2 aromatic carbocycles. The van der Waals surface area contributed by atoms with Gasteiger partial charge in [0.2, 0.25) is 0 Å². The van der Waals surface area contributed by atoms with Crippen molar-refractivity contribution in [1.29, 1.82) is 0 Å². The highest BCUT2D eigenvalue weighted by Crippen LogP contribution is 2.38. The number of benzene rings is 2. The molecule has 2 aromatic rings. The quantitative estimate of drug-likeness (QED) is 0.911. The Kier molecular flexibility index (Phi) is 4.04. The number of rotatable bonds is 2. The third-order valence-electron chi connectivity index (χ3n) is 5.10. The molecule has 5 heteroatoms. The number of nitrogens with one attached hydrogen (secondary N) is 1. The summed E-state index contributed by atoms with van der Waals surface area (Å²) >= 11 is 0. The fraction of sp³-hybridized carbons (Fsp3) is 0.400. The highest BCUT2D eigenvalue weighted by molar-refractivity contribution is 5.19. The van der Waals surface area contributed by atoms with E-state index in [1.807, 2.05) is 60.7 Å². The van der Waals surface area contributed by atoms with Crippen molar-refractivity contribution in [3.63, 3.8) is 0 Å². The first-order valence-corrected chi connectivity index (χ1v) is 8.78. The van der Waals surface area contributed by atoms with Crippen molar-refractivity contribution in [1.82, 2.24) is 5.32 Å². The molecule has 0 aromatic heterocycles. The molecule has 0 bridgehead atoms. The van der Waals surface area contributed by atoms with E-state index < -0.39 is 0 Å². The predicted octanol–water partition coefficient (Wildman–Crippen LogP) is 2.56. The van der Waals surface area contributed by atoms with Crippen LogP contribution in [0.5, 0.6) is 0 Å². The van der Waals surface area contributed by atoms with E-state index in [1.54, 1.807) is 0 Å². The summed E-state index contributed by atoms with van der Waals surface area (Å²) < 4.78 is 24.4. The second-order valence-corrected chi connectivity index (χ2v) is 6.73. The summed E-state index contributed by atoms with van der Waals surface area (Å²) in [6.45, 7) is 1.22. The Balaban J connectivity index is 1.34. The van der Waals surface area contributed by atoms with E-state index in [1.165, 1.54) is 0 Å².